The number of hydrogen-bond donors (Lipinski definition) is 2. The van der Waals surface area contributed by atoms with Crippen LogP contribution in [0.15, 0.2) is 60.8 Å². The molecule has 0 heterocycles. The maximum Gasteiger partial charge on any atom is 0.472 e. The Balaban J connectivity index is 4.75. The van der Waals surface area contributed by atoms with E-state index in [1.807, 2.05) is 0 Å². The number of ether oxygens (including phenoxy) is 3. The molecule has 12 heteroatoms. The minimum absolute atomic E-state index is 0.132. The van der Waals surface area contributed by atoms with E-state index in [9.17, 15) is 28.9 Å². The molecule has 0 radical (unpaired) electrons. The van der Waals surface area contributed by atoms with Crippen LogP contribution in [0, 0.1) is 0 Å². The molecule has 3 atom stereocenters. The molecule has 0 aromatic rings. The Bertz CT molecular complexity index is 1370. The molecule has 0 fully saturated rings. The maximum atomic E-state index is 12.9. The molecule has 0 spiro atoms. The first kappa shape index (κ1) is 65.2. The summed E-state index contributed by atoms with van der Waals surface area (Å²) in [5.41, 5.74) is 0. The highest BCUT2D eigenvalue weighted by Gasteiger charge is 2.28. The van der Waals surface area contributed by atoms with Crippen molar-refractivity contribution in [3.8, 4) is 0 Å². The molecule has 0 aliphatic heterocycles. The van der Waals surface area contributed by atoms with Crippen LogP contribution >= 0.6 is 7.82 Å². The number of carbonyl (C=O) groups excluding carboxylic acids is 3. The van der Waals surface area contributed by atoms with Crippen molar-refractivity contribution in [1.29, 1.82) is 0 Å². The van der Waals surface area contributed by atoms with Crippen molar-refractivity contribution in [2.45, 2.75) is 251 Å². The Morgan fingerprint density at radius 3 is 1.25 bits per heavy atom. The molecule has 0 amide bonds. The Morgan fingerprint density at radius 1 is 0.426 bits per heavy atom. The van der Waals surface area contributed by atoms with Gasteiger partial charge in [-0.05, 0) is 77.0 Å². The zero-order valence-electron chi connectivity index (χ0n) is 43.3. The molecule has 0 rings (SSSR count). The normalized spacial score (nSPS) is 13.9. The highest BCUT2D eigenvalue weighted by Crippen LogP contribution is 2.43. The first-order chi connectivity index (χ1) is 33.2. The summed E-state index contributed by atoms with van der Waals surface area (Å²) in [6.45, 7) is 4.42. The number of phosphoric acid groups is 1. The molecule has 394 valence electrons. The van der Waals surface area contributed by atoms with Crippen LogP contribution in [-0.2, 0) is 42.2 Å². The van der Waals surface area contributed by atoms with Crippen LogP contribution in [0.2, 0.25) is 0 Å². The minimum Gasteiger partial charge on any atom is -0.462 e. The maximum absolute atomic E-state index is 12.9. The molecule has 2 N–H and O–H groups in total. The number of aliphatic hydroxyl groups is 1. The van der Waals surface area contributed by atoms with Crippen molar-refractivity contribution < 1.29 is 52.2 Å². The zero-order chi connectivity index (χ0) is 49.9. The summed E-state index contributed by atoms with van der Waals surface area (Å²) in [6.07, 6.45) is 53.3. The van der Waals surface area contributed by atoms with Crippen LogP contribution in [0.25, 0.3) is 0 Å². The first-order valence-electron chi connectivity index (χ1n) is 27.2. The number of hydrogen-bond acceptors (Lipinski definition) is 10. The lowest BCUT2D eigenvalue weighted by Crippen LogP contribution is -2.30. The predicted octanol–water partition coefficient (Wildman–Crippen LogP) is 15.6. The van der Waals surface area contributed by atoms with E-state index in [1.165, 1.54) is 77.0 Å². The third kappa shape index (κ3) is 48.2. The van der Waals surface area contributed by atoms with Crippen molar-refractivity contribution in [2.75, 3.05) is 26.4 Å². The Labute approximate surface area is 415 Å². The van der Waals surface area contributed by atoms with Crippen LogP contribution in [0.1, 0.15) is 239 Å². The third-order valence-corrected chi connectivity index (χ3v) is 12.4. The van der Waals surface area contributed by atoms with Gasteiger partial charge >= 0.3 is 25.7 Å². The first-order valence-corrected chi connectivity index (χ1v) is 28.7. The lowest BCUT2D eigenvalue weighted by Gasteiger charge is -2.21. The van der Waals surface area contributed by atoms with E-state index < -0.39 is 57.8 Å². The number of rotatable bonds is 50. The fraction of sp³-hybridized carbons (Fsp3) is 0.768. The molecule has 0 aliphatic carbocycles. The van der Waals surface area contributed by atoms with Gasteiger partial charge in [0, 0.05) is 19.3 Å². The summed E-state index contributed by atoms with van der Waals surface area (Å²) in [5.74, 6) is -1.51. The van der Waals surface area contributed by atoms with Crippen molar-refractivity contribution in [1.82, 2.24) is 0 Å². The number of unbranched alkanes of at least 4 members (excludes halogenated alkanes) is 23. The summed E-state index contributed by atoms with van der Waals surface area (Å²) in [6, 6.07) is 0. The summed E-state index contributed by atoms with van der Waals surface area (Å²) < 4.78 is 39.4. The van der Waals surface area contributed by atoms with Crippen LogP contribution in [0.4, 0.5) is 0 Å². The molecular weight excluding hydrogens is 880 g/mol. The Morgan fingerprint density at radius 2 is 0.794 bits per heavy atom. The summed E-state index contributed by atoms with van der Waals surface area (Å²) >= 11 is 0. The van der Waals surface area contributed by atoms with E-state index in [-0.39, 0.29) is 25.9 Å². The molecule has 11 nitrogen and oxygen atoms in total. The zero-order valence-corrected chi connectivity index (χ0v) is 44.2. The van der Waals surface area contributed by atoms with Gasteiger partial charge in [0.25, 0.3) is 0 Å². The average Bonchev–Trinajstić information content (AvgIpc) is 3.32. The molecule has 0 aliphatic rings. The van der Waals surface area contributed by atoms with Gasteiger partial charge in [0.2, 0.25) is 0 Å². The highest BCUT2D eigenvalue weighted by atomic mass is 31.2. The van der Waals surface area contributed by atoms with Crippen molar-refractivity contribution in [3.63, 3.8) is 0 Å². The van der Waals surface area contributed by atoms with E-state index in [4.69, 9.17) is 23.3 Å². The number of aliphatic hydroxyl groups excluding tert-OH is 1. The molecular formula is C56H99O11P. The van der Waals surface area contributed by atoms with Gasteiger partial charge in [-0.25, -0.2) is 4.57 Å². The quantitative estimate of drug-likeness (QED) is 0.0197. The van der Waals surface area contributed by atoms with Crippen molar-refractivity contribution in [2.24, 2.45) is 0 Å². The van der Waals surface area contributed by atoms with Gasteiger partial charge in [-0.3, -0.25) is 23.4 Å². The van der Waals surface area contributed by atoms with Crippen LogP contribution in [-0.4, -0.2) is 66.5 Å². The molecule has 0 aromatic carbocycles. The van der Waals surface area contributed by atoms with Gasteiger partial charge in [0.1, 0.15) is 12.7 Å². The molecule has 3 unspecified atom stereocenters. The summed E-state index contributed by atoms with van der Waals surface area (Å²) in [5, 5.41) is 9.78. The average molecular weight is 979 g/mol. The van der Waals surface area contributed by atoms with Gasteiger partial charge in [-0.2, -0.15) is 0 Å². The summed E-state index contributed by atoms with van der Waals surface area (Å²) in [7, 11) is -4.75. The second-order valence-corrected chi connectivity index (χ2v) is 19.5. The monoisotopic (exact) mass is 979 g/mol. The van der Waals surface area contributed by atoms with Crippen molar-refractivity contribution in [3.05, 3.63) is 60.8 Å². The van der Waals surface area contributed by atoms with Crippen LogP contribution in [0.3, 0.4) is 0 Å². The predicted molar refractivity (Wildman–Crippen MR) is 279 cm³/mol. The topological polar surface area (TPSA) is 155 Å². The van der Waals surface area contributed by atoms with E-state index in [2.05, 4.69) is 81.5 Å². The van der Waals surface area contributed by atoms with E-state index in [0.29, 0.717) is 19.3 Å². The number of carbonyl (C=O) groups is 3. The van der Waals surface area contributed by atoms with E-state index in [0.717, 1.165) is 103 Å². The van der Waals surface area contributed by atoms with Gasteiger partial charge in [0.05, 0.1) is 19.8 Å². The van der Waals surface area contributed by atoms with E-state index in [1.54, 1.807) is 0 Å². The third-order valence-electron chi connectivity index (χ3n) is 11.4. The fourth-order valence-corrected chi connectivity index (χ4v) is 8.07. The van der Waals surface area contributed by atoms with E-state index >= 15 is 0 Å². The Kier molecular flexibility index (Phi) is 48.5. The number of phosphoric ester groups is 1. The lowest BCUT2D eigenvalue weighted by atomic mass is 10.0. The SMILES string of the molecule is CC/C=C\C/C=C\C/C=C\CCCCCC(=O)OC(COC(=O)CCCCCCCCCCCCCCCCC)COP(=O)(O)OCC(CO)OC(=O)CCCCCCC/C=C\C/C=C\CCC. The summed E-state index contributed by atoms with van der Waals surface area (Å²) in [4.78, 5) is 48.4. The van der Waals surface area contributed by atoms with Gasteiger partial charge in [-0.15, -0.1) is 0 Å². The van der Waals surface area contributed by atoms with Crippen LogP contribution < -0.4 is 0 Å². The molecule has 0 aromatic heterocycles. The standard InChI is InChI=1S/C56H99O11P/c1-4-7-10-13-16-19-22-25-26-29-30-33-36-39-42-45-54(58)63-49-53(67-56(60)47-44-41-38-35-32-28-24-21-18-15-12-9-6-3)51-65-68(61,62)64-50-52(48-57)66-55(59)46-43-40-37-34-31-27-23-20-17-14-11-8-5-2/h9,11-12,14,18,20-21,23,28,32,52-53,57H,4-8,10,13,15-17,19,22,24-27,29-31,33-51H2,1-3H3,(H,61,62)/b12-9-,14-11-,21-18-,23-20-,32-28-. The van der Waals surface area contributed by atoms with Crippen molar-refractivity contribution >= 4 is 25.7 Å². The molecule has 0 saturated carbocycles. The highest BCUT2D eigenvalue weighted by molar-refractivity contribution is 7.47. The molecule has 0 bridgehead atoms. The smallest absolute Gasteiger partial charge is 0.462 e. The largest absolute Gasteiger partial charge is 0.472 e. The molecule has 0 saturated heterocycles. The van der Waals surface area contributed by atoms with Gasteiger partial charge < -0.3 is 24.2 Å². The Hall–Kier alpha value is -2.82. The second-order valence-electron chi connectivity index (χ2n) is 18.0. The lowest BCUT2D eigenvalue weighted by molar-refractivity contribution is -0.161. The van der Waals surface area contributed by atoms with Gasteiger partial charge in [-0.1, -0.05) is 204 Å². The number of allylic oxidation sites excluding steroid dienone is 10. The minimum atomic E-state index is -4.75. The fourth-order valence-electron chi connectivity index (χ4n) is 7.29. The second kappa shape index (κ2) is 50.6. The number of esters is 3. The van der Waals surface area contributed by atoms with Gasteiger partial charge in [0.15, 0.2) is 6.10 Å². The molecule has 68 heavy (non-hydrogen) atoms. The van der Waals surface area contributed by atoms with Crippen LogP contribution in [0.5, 0.6) is 0 Å².